The fraction of sp³-hybridized carbons (Fsp3) is 0.520. The lowest BCUT2D eigenvalue weighted by Gasteiger charge is -2.37. The summed E-state index contributed by atoms with van der Waals surface area (Å²) >= 11 is 0. The number of aryl methyl sites for hydroxylation is 2. The van der Waals surface area contributed by atoms with Crippen molar-refractivity contribution in [2.75, 3.05) is 18.0 Å². The quantitative estimate of drug-likeness (QED) is 0.590. The van der Waals surface area contributed by atoms with Crippen LogP contribution in [0.15, 0.2) is 18.5 Å². The summed E-state index contributed by atoms with van der Waals surface area (Å²) in [6, 6.07) is 2.66. The van der Waals surface area contributed by atoms with Crippen molar-refractivity contribution in [3.8, 4) is 11.8 Å². The highest BCUT2D eigenvalue weighted by atomic mass is 16.5. The molecule has 0 N–H and O–H groups in total. The molecule has 3 fully saturated rings. The fourth-order valence-electron chi connectivity index (χ4n) is 4.23. The molecule has 0 spiro atoms. The van der Waals surface area contributed by atoms with Gasteiger partial charge in [-0.1, -0.05) is 11.8 Å². The summed E-state index contributed by atoms with van der Waals surface area (Å²) in [4.78, 5) is 16.7. The zero-order chi connectivity index (χ0) is 21.8. The van der Waals surface area contributed by atoms with Crippen molar-refractivity contribution in [2.24, 2.45) is 5.92 Å². The van der Waals surface area contributed by atoms with Gasteiger partial charge in [-0.3, -0.25) is 4.68 Å². The number of rotatable bonds is 3. The molecular formula is C25H28N6O. The minimum atomic E-state index is -0.0319. The molecule has 3 aromatic heterocycles. The van der Waals surface area contributed by atoms with Crippen LogP contribution < -0.4 is 4.90 Å². The van der Waals surface area contributed by atoms with Crippen LogP contribution in [0.2, 0.25) is 0 Å². The number of anilines is 1. The highest BCUT2D eigenvalue weighted by molar-refractivity contribution is 5.80. The molecule has 2 aliphatic carbocycles. The maximum Gasteiger partial charge on any atom is 0.181 e. The second-order valence-electron chi connectivity index (χ2n) is 9.46. The Morgan fingerprint density at radius 1 is 1.03 bits per heavy atom. The second kappa shape index (κ2) is 7.56. The predicted octanol–water partition coefficient (Wildman–Crippen LogP) is 3.90. The first-order chi connectivity index (χ1) is 15.5. The van der Waals surface area contributed by atoms with Gasteiger partial charge in [0.05, 0.1) is 41.8 Å². The minimum Gasteiger partial charge on any atom is -0.367 e. The van der Waals surface area contributed by atoms with Crippen molar-refractivity contribution in [1.82, 2.24) is 24.7 Å². The number of morpholine rings is 1. The van der Waals surface area contributed by atoms with E-state index in [2.05, 4.69) is 45.7 Å². The normalized spacial score (nSPS) is 23.3. The van der Waals surface area contributed by atoms with Gasteiger partial charge < -0.3 is 9.64 Å². The van der Waals surface area contributed by atoms with Gasteiger partial charge in [0.25, 0.3) is 0 Å². The Morgan fingerprint density at radius 2 is 1.84 bits per heavy atom. The molecule has 1 saturated heterocycles. The Morgan fingerprint density at radius 3 is 2.62 bits per heavy atom. The van der Waals surface area contributed by atoms with Gasteiger partial charge in [-0.2, -0.15) is 5.10 Å². The summed E-state index contributed by atoms with van der Waals surface area (Å²) in [7, 11) is 0. The Balaban J connectivity index is 1.36. The SMILES string of the molecule is Cc1nc2nc(N3C[C@H](C)O[C@@H](c4cnn(C5CC5)c4)C3)cc(C#CC3CC3)c2nc1C. The molecule has 164 valence electrons. The monoisotopic (exact) mass is 428 g/mol. The Kier molecular flexibility index (Phi) is 4.65. The molecule has 0 aromatic carbocycles. The third kappa shape index (κ3) is 3.84. The van der Waals surface area contributed by atoms with Crippen molar-refractivity contribution < 1.29 is 4.74 Å². The molecule has 0 unspecified atom stereocenters. The van der Waals surface area contributed by atoms with Crippen LogP contribution in [-0.4, -0.2) is 43.9 Å². The minimum absolute atomic E-state index is 0.0319. The first-order valence-corrected chi connectivity index (χ1v) is 11.7. The van der Waals surface area contributed by atoms with Gasteiger partial charge in [-0.15, -0.1) is 0 Å². The van der Waals surface area contributed by atoms with Crippen molar-refractivity contribution in [1.29, 1.82) is 0 Å². The smallest absolute Gasteiger partial charge is 0.181 e. The van der Waals surface area contributed by atoms with Gasteiger partial charge >= 0.3 is 0 Å². The van der Waals surface area contributed by atoms with Crippen LogP contribution in [0.3, 0.4) is 0 Å². The molecule has 3 aliphatic rings. The Labute approximate surface area is 188 Å². The Hall–Kier alpha value is -2.98. The molecule has 2 atom stereocenters. The van der Waals surface area contributed by atoms with Crippen LogP contribution in [0.1, 0.15) is 67.3 Å². The van der Waals surface area contributed by atoms with Crippen molar-refractivity contribution >= 4 is 17.0 Å². The van der Waals surface area contributed by atoms with Gasteiger partial charge in [-0.25, -0.2) is 15.0 Å². The number of hydrogen-bond acceptors (Lipinski definition) is 6. The Bertz CT molecular complexity index is 1250. The lowest BCUT2D eigenvalue weighted by molar-refractivity contribution is -0.0176. The zero-order valence-electron chi connectivity index (χ0n) is 18.9. The molecule has 3 aromatic rings. The third-order valence-electron chi connectivity index (χ3n) is 6.52. The topological polar surface area (TPSA) is 69.0 Å². The van der Waals surface area contributed by atoms with Crippen molar-refractivity contribution in [3.63, 3.8) is 0 Å². The molecule has 2 saturated carbocycles. The largest absolute Gasteiger partial charge is 0.367 e. The first kappa shape index (κ1) is 19.7. The van der Waals surface area contributed by atoms with E-state index in [4.69, 9.17) is 19.7 Å². The standard InChI is InChI=1S/C25H28N6O/c1-15-12-30(14-22(32-15)20-11-26-31(13-20)21-8-9-21)23-10-19(7-6-18-4-5-18)24-25(29-23)28-17(3)16(2)27-24/h10-11,13,15,18,21-22H,4-5,8-9,12,14H2,1-3H3/t15-,22+/m0/s1. The maximum absolute atomic E-state index is 6.30. The summed E-state index contributed by atoms with van der Waals surface area (Å²) in [6.07, 6.45) is 9.00. The van der Waals surface area contributed by atoms with Crippen LogP contribution >= 0.6 is 0 Å². The first-order valence-electron chi connectivity index (χ1n) is 11.7. The van der Waals surface area contributed by atoms with E-state index in [1.165, 1.54) is 25.7 Å². The van der Waals surface area contributed by atoms with E-state index >= 15 is 0 Å². The average molecular weight is 429 g/mol. The highest BCUT2D eigenvalue weighted by Crippen LogP contribution is 2.36. The third-order valence-corrected chi connectivity index (χ3v) is 6.52. The molecule has 7 nitrogen and oxygen atoms in total. The van der Waals surface area contributed by atoms with Gasteiger partial charge in [0.15, 0.2) is 5.65 Å². The lowest BCUT2D eigenvalue weighted by atomic mass is 10.1. The molecule has 0 radical (unpaired) electrons. The molecule has 4 heterocycles. The summed E-state index contributed by atoms with van der Waals surface area (Å²) in [5.41, 5.74) is 5.36. The number of pyridine rings is 1. The van der Waals surface area contributed by atoms with E-state index in [0.29, 0.717) is 17.6 Å². The van der Waals surface area contributed by atoms with Gasteiger partial charge in [0, 0.05) is 24.2 Å². The summed E-state index contributed by atoms with van der Waals surface area (Å²) in [5, 5.41) is 4.56. The van der Waals surface area contributed by atoms with E-state index in [1.54, 1.807) is 0 Å². The van der Waals surface area contributed by atoms with Crippen LogP contribution in [-0.2, 0) is 4.74 Å². The molecule has 7 heteroatoms. The van der Waals surface area contributed by atoms with E-state index in [9.17, 15) is 0 Å². The maximum atomic E-state index is 6.30. The van der Waals surface area contributed by atoms with E-state index in [0.717, 1.165) is 46.9 Å². The van der Waals surface area contributed by atoms with Gasteiger partial charge in [0.1, 0.15) is 17.4 Å². The van der Waals surface area contributed by atoms with Crippen LogP contribution in [0.5, 0.6) is 0 Å². The number of hydrogen-bond donors (Lipinski definition) is 0. The number of ether oxygens (including phenoxy) is 1. The number of fused-ring (bicyclic) bond motifs is 1. The molecular weight excluding hydrogens is 400 g/mol. The van der Waals surface area contributed by atoms with E-state index < -0.39 is 0 Å². The molecule has 0 amide bonds. The van der Waals surface area contributed by atoms with Crippen molar-refractivity contribution in [3.05, 3.63) is 41.0 Å². The molecule has 1 aliphatic heterocycles. The summed E-state index contributed by atoms with van der Waals surface area (Å²) in [5.74, 6) is 8.20. The summed E-state index contributed by atoms with van der Waals surface area (Å²) in [6.45, 7) is 7.60. The predicted molar refractivity (Wildman–Crippen MR) is 122 cm³/mol. The molecule has 6 rings (SSSR count). The van der Waals surface area contributed by atoms with E-state index in [1.807, 2.05) is 20.0 Å². The average Bonchev–Trinajstić information content (AvgIpc) is 3.72. The van der Waals surface area contributed by atoms with Crippen LogP contribution in [0, 0.1) is 31.6 Å². The fourth-order valence-corrected chi connectivity index (χ4v) is 4.23. The lowest BCUT2D eigenvalue weighted by Crippen LogP contribution is -2.43. The number of nitrogens with zero attached hydrogens (tertiary/aromatic N) is 6. The highest BCUT2D eigenvalue weighted by Gasteiger charge is 2.31. The second-order valence-corrected chi connectivity index (χ2v) is 9.46. The van der Waals surface area contributed by atoms with E-state index in [-0.39, 0.29) is 12.2 Å². The van der Waals surface area contributed by atoms with Gasteiger partial charge in [0.2, 0.25) is 0 Å². The molecule has 0 bridgehead atoms. The zero-order valence-corrected chi connectivity index (χ0v) is 18.9. The van der Waals surface area contributed by atoms with Crippen LogP contribution in [0.25, 0.3) is 11.2 Å². The van der Waals surface area contributed by atoms with Crippen LogP contribution in [0.4, 0.5) is 5.82 Å². The molecule has 32 heavy (non-hydrogen) atoms. The summed E-state index contributed by atoms with van der Waals surface area (Å²) < 4.78 is 8.38. The van der Waals surface area contributed by atoms with Crippen molar-refractivity contribution in [2.45, 2.75) is 64.7 Å². The van der Waals surface area contributed by atoms with Gasteiger partial charge in [-0.05, 0) is 52.5 Å². The number of aromatic nitrogens is 5.